The molecule has 0 bridgehead atoms. The van der Waals surface area contributed by atoms with E-state index >= 15 is 0 Å². The number of carbonyl (C=O) groups is 3. The van der Waals surface area contributed by atoms with Crippen molar-refractivity contribution in [3.8, 4) is 5.69 Å². The van der Waals surface area contributed by atoms with Crippen molar-refractivity contribution in [1.29, 1.82) is 0 Å². The highest BCUT2D eigenvalue weighted by molar-refractivity contribution is 7.98. The number of benzene rings is 1. The van der Waals surface area contributed by atoms with E-state index in [0.29, 0.717) is 22.0 Å². The highest BCUT2D eigenvalue weighted by atomic mass is 32.2. The molecule has 2 heterocycles. The highest BCUT2D eigenvalue weighted by Gasteiger charge is 2.31. The number of amides is 1. The lowest BCUT2D eigenvalue weighted by molar-refractivity contribution is -0.124. The lowest BCUT2D eigenvalue weighted by Crippen LogP contribution is -2.32. The van der Waals surface area contributed by atoms with Gasteiger partial charge in [-0.15, -0.1) is 21.5 Å². The number of carbonyl (C=O) groups excluding carboxylic acids is 3. The molecule has 2 atom stereocenters. The summed E-state index contributed by atoms with van der Waals surface area (Å²) in [6.45, 7) is 7.81. The van der Waals surface area contributed by atoms with Crippen molar-refractivity contribution in [3.05, 3.63) is 51.7 Å². The summed E-state index contributed by atoms with van der Waals surface area (Å²) in [5.74, 6) is -0.266. The van der Waals surface area contributed by atoms with Crippen molar-refractivity contribution in [2.75, 3.05) is 18.2 Å². The number of fused-ring (bicyclic) bond motifs is 1. The van der Waals surface area contributed by atoms with Gasteiger partial charge >= 0.3 is 11.9 Å². The number of anilines is 1. The first-order valence-electron chi connectivity index (χ1n) is 12.7. The molecule has 0 fully saturated rings. The number of ether oxygens (including phenoxy) is 2. The third kappa shape index (κ3) is 5.78. The van der Waals surface area contributed by atoms with Gasteiger partial charge in [0.25, 0.3) is 5.91 Å². The minimum atomic E-state index is -1.02. The molecule has 1 amide bonds. The van der Waals surface area contributed by atoms with Gasteiger partial charge in [0.15, 0.2) is 11.3 Å². The summed E-state index contributed by atoms with van der Waals surface area (Å²) in [6.07, 6.45) is 3.79. The maximum absolute atomic E-state index is 13.2. The van der Waals surface area contributed by atoms with E-state index in [1.807, 2.05) is 17.7 Å². The minimum Gasteiger partial charge on any atom is -0.462 e. The Bertz CT molecular complexity index is 1330. The maximum Gasteiger partial charge on any atom is 0.341 e. The number of thiophene rings is 1. The zero-order valence-corrected chi connectivity index (χ0v) is 23.8. The highest BCUT2D eigenvalue weighted by Crippen LogP contribution is 2.40. The van der Waals surface area contributed by atoms with E-state index in [1.54, 1.807) is 38.1 Å². The third-order valence-corrected chi connectivity index (χ3v) is 8.28. The van der Waals surface area contributed by atoms with Crippen LogP contribution in [0.4, 0.5) is 5.00 Å². The number of nitrogens with zero attached hydrogens (tertiary/aromatic N) is 3. The van der Waals surface area contributed by atoms with Crippen LogP contribution in [0.5, 0.6) is 0 Å². The molecule has 1 N–H and O–H groups in total. The van der Waals surface area contributed by atoms with E-state index in [4.69, 9.17) is 9.47 Å². The van der Waals surface area contributed by atoms with E-state index in [1.165, 1.54) is 23.1 Å². The molecule has 4 rings (SSSR count). The van der Waals surface area contributed by atoms with Crippen molar-refractivity contribution in [2.45, 2.75) is 64.6 Å². The Labute approximate surface area is 230 Å². The number of aromatic nitrogens is 3. The number of thioether (sulfide) groups is 1. The Morgan fingerprint density at radius 3 is 2.58 bits per heavy atom. The average molecular weight is 557 g/mol. The largest absolute Gasteiger partial charge is 0.462 e. The van der Waals surface area contributed by atoms with Crippen LogP contribution in [0.15, 0.2) is 29.4 Å². The van der Waals surface area contributed by atoms with Crippen molar-refractivity contribution in [2.24, 2.45) is 5.92 Å². The standard InChI is InChI=1S/C27H32N4O5S2/c1-6-20(36-25(33)17-9-11-18(12-10-17)31-16(4)29-30-27(31)37-5)23(32)28-24-22(26(34)35-7-2)19-13-8-15(3)14-21(19)38-24/h9-12,15,20H,6-8,13-14H2,1-5H3,(H,28,32). The summed E-state index contributed by atoms with van der Waals surface area (Å²) in [7, 11) is 0. The monoisotopic (exact) mass is 556 g/mol. The predicted octanol–water partition coefficient (Wildman–Crippen LogP) is 5.23. The molecule has 9 nitrogen and oxygen atoms in total. The summed E-state index contributed by atoms with van der Waals surface area (Å²) in [4.78, 5) is 40.0. The van der Waals surface area contributed by atoms with Crippen molar-refractivity contribution in [3.63, 3.8) is 0 Å². The van der Waals surface area contributed by atoms with Gasteiger partial charge in [0.2, 0.25) is 0 Å². The van der Waals surface area contributed by atoms with Crippen molar-refractivity contribution < 1.29 is 23.9 Å². The van der Waals surface area contributed by atoms with E-state index in [9.17, 15) is 14.4 Å². The minimum absolute atomic E-state index is 0.247. The zero-order chi connectivity index (χ0) is 27.4. The van der Waals surface area contributed by atoms with Gasteiger partial charge in [-0.05, 0) is 81.5 Å². The molecule has 3 aromatic rings. The third-order valence-electron chi connectivity index (χ3n) is 6.48. The first-order chi connectivity index (χ1) is 18.3. The van der Waals surface area contributed by atoms with Crippen LogP contribution in [-0.2, 0) is 27.1 Å². The number of hydrogen-bond acceptors (Lipinski definition) is 9. The van der Waals surface area contributed by atoms with E-state index < -0.39 is 23.9 Å². The molecule has 1 aliphatic rings. The quantitative estimate of drug-likeness (QED) is 0.281. The van der Waals surface area contributed by atoms with Crippen LogP contribution < -0.4 is 5.32 Å². The van der Waals surface area contributed by atoms with Crippen molar-refractivity contribution in [1.82, 2.24) is 14.8 Å². The van der Waals surface area contributed by atoms with Gasteiger partial charge in [0, 0.05) is 10.6 Å². The first-order valence-corrected chi connectivity index (χ1v) is 14.7. The Hall–Kier alpha value is -3.18. The number of esters is 2. The summed E-state index contributed by atoms with van der Waals surface area (Å²) in [5, 5.41) is 12.3. The lowest BCUT2D eigenvalue weighted by atomic mass is 9.88. The van der Waals surface area contributed by atoms with Crippen LogP contribution in [0.2, 0.25) is 0 Å². The molecule has 2 unspecified atom stereocenters. The molecule has 0 radical (unpaired) electrons. The second kappa shape index (κ2) is 12.1. The fourth-order valence-electron chi connectivity index (χ4n) is 4.49. The van der Waals surface area contributed by atoms with E-state index in [2.05, 4.69) is 22.4 Å². The summed E-state index contributed by atoms with van der Waals surface area (Å²) < 4.78 is 12.8. The Balaban J connectivity index is 1.49. The maximum atomic E-state index is 13.2. The molecule has 38 heavy (non-hydrogen) atoms. The molecule has 1 aromatic carbocycles. The summed E-state index contributed by atoms with van der Waals surface area (Å²) >= 11 is 2.88. The van der Waals surface area contributed by atoms with Gasteiger partial charge in [0.1, 0.15) is 10.8 Å². The second-order valence-corrected chi connectivity index (χ2v) is 11.1. The summed E-state index contributed by atoms with van der Waals surface area (Å²) in [5.41, 5.74) is 2.53. The summed E-state index contributed by atoms with van der Waals surface area (Å²) in [6, 6.07) is 6.88. The first kappa shape index (κ1) is 27.8. The molecule has 0 saturated carbocycles. The van der Waals surface area contributed by atoms with Crippen molar-refractivity contribution >= 4 is 45.9 Å². The van der Waals surface area contributed by atoms with Gasteiger partial charge in [-0.1, -0.05) is 25.6 Å². The topological polar surface area (TPSA) is 112 Å². The van der Waals surface area contributed by atoms with Gasteiger partial charge in [-0.3, -0.25) is 9.36 Å². The fourth-order valence-corrected chi connectivity index (χ4v) is 6.43. The van der Waals surface area contributed by atoms with E-state index in [0.717, 1.165) is 46.4 Å². The van der Waals surface area contributed by atoms with Crippen LogP contribution in [0.3, 0.4) is 0 Å². The SMILES string of the molecule is CCOC(=O)c1c(NC(=O)C(CC)OC(=O)c2ccc(-n3c(C)nnc3SC)cc2)sc2c1CCC(C)C2. The molecule has 2 aromatic heterocycles. The number of hydrogen-bond donors (Lipinski definition) is 1. The van der Waals surface area contributed by atoms with Crippen LogP contribution >= 0.6 is 23.1 Å². The lowest BCUT2D eigenvalue weighted by Gasteiger charge is -2.18. The van der Waals surface area contributed by atoms with Gasteiger partial charge in [-0.2, -0.15) is 0 Å². The Kier molecular flexibility index (Phi) is 8.88. The Morgan fingerprint density at radius 2 is 1.92 bits per heavy atom. The van der Waals surface area contributed by atoms with Gasteiger partial charge in [-0.25, -0.2) is 9.59 Å². The van der Waals surface area contributed by atoms with E-state index in [-0.39, 0.29) is 13.0 Å². The molecule has 1 aliphatic carbocycles. The second-order valence-electron chi connectivity index (χ2n) is 9.18. The van der Waals surface area contributed by atoms with Crippen LogP contribution in [0.25, 0.3) is 5.69 Å². The molecule has 0 aliphatic heterocycles. The number of aryl methyl sites for hydroxylation is 1. The number of rotatable bonds is 9. The number of nitrogens with one attached hydrogen (secondary N) is 1. The molecule has 11 heteroatoms. The normalized spacial score (nSPS) is 15.4. The Morgan fingerprint density at radius 1 is 1.18 bits per heavy atom. The molecular formula is C27H32N4O5S2. The molecule has 0 spiro atoms. The zero-order valence-electron chi connectivity index (χ0n) is 22.2. The van der Waals surface area contributed by atoms with Crippen LogP contribution in [0, 0.1) is 12.8 Å². The van der Waals surface area contributed by atoms with Gasteiger partial charge < -0.3 is 14.8 Å². The van der Waals surface area contributed by atoms with Gasteiger partial charge in [0.05, 0.1) is 17.7 Å². The fraction of sp³-hybridized carbons (Fsp3) is 0.444. The average Bonchev–Trinajstić information content (AvgIpc) is 3.46. The van der Waals surface area contributed by atoms with Crippen LogP contribution in [-0.4, -0.2) is 51.6 Å². The molecule has 0 saturated heterocycles. The smallest absolute Gasteiger partial charge is 0.341 e. The van der Waals surface area contributed by atoms with Crippen LogP contribution in [0.1, 0.15) is 70.6 Å². The molecular weight excluding hydrogens is 524 g/mol. The predicted molar refractivity (Wildman–Crippen MR) is 147 cm³/mol. The molecule has 202 valence electrons.